The van der Waals surface area contributed by atoms with Crippen LogP contribution in [0.3, 0.4) is 0 Å². The molecule has 1 saturated carbocycles. The van der Waals surface area contributed by atoms with Crippen molar-refractivity contribution >= 4 is 15.7 Å². The lowest BCUT2D eigenvalue weighted by atomic mass is 9.89. The third-order valence-electron chi connectivity index (χ3n) is 4.74. The van der Waals surface area contributed by atoms with Gasteiger partial charge in [0.25, 0.3) is 0 Å². The number of nitrogens with one attached hydrogen (secondary N) is 1. The highest BCUT2D eigenvalue weighted by molar-refractivity contribution is 7.91. The summed E-state index contributed by atoms with van der Waals surface area (Å²) in [6.07, 6.45) is 6.49. The van der Waals surface area contributed by atoms with Crippen molar-refractivity contribution in [3.05, 3.63) is 54.5 Å². The number of carbonyl (C=O) groups is 1. The van der Waals surface area contributed by atoms with Crippen molar-refractivity contribution < 1.29 is 17.6 Å². The van der Waals surface area contributed by atoms with E-state index in [1.54, 1.807) is 42.5 Å². The lowest BCUT2D eigenvalue weighted by Crippen LogP contribution is -2.36. The van der Waals surface area contributed by atoms with Crippen LogP contribution in [0.2, 0.25) is 0 Å². The van der Waals surface area contributed by atoms with Gasteiger partial charge in [-0.25, -0.2) is 8.42 Å². The van der Waals surface area contributed by atoms with Crippen LogP contribution in [0.5, 0.6) is 0 Å². The molecule has 1 aliphatic rings. The van der Waals surface area contributed by atoms with Crippen molar-refractivity contribution in [2.24, 2.45) is 5.92 Å². The van der Waals surface area contributed by atoms with Gasteiger partial charge in [-0.15, -0.1) is 0 Å². The Morgan fingerprint density at radius 3 is 2.44 bits per heavy atom. The molecule has 0 aliphatic heterocycles. The Kier molecular flexibility index (Phi) is 5.58. The largest absolute Gasteiger partial charge is 0.468 e. The van der Waals surface area contributed by atoms with Crippen LogP contribution in [-0.4, -0.2) is 20.9 Å². The molecular formula is C19H23NO4S. The first-order chi connectivity index (χ1) is 12.1. The van der Waals surface area contributed by atoms with Gasteiger partial charge < -0.3 is 9.73 Å². The van der Waals surface area contributed by atoms with E-state index in [0.717, 1.165) is 25.7 Å². The summed E-state index contributed by atoms with van der Waals surface area (Å²) in [7, 11) is -3.66. The lowest BCUT2D eigenvalue weighted by molar-refractivity contribution is -0.125. The minimum Gasteiger partial charge on any atom is -0.468 e. The minimum atomic E-state index is -3.66. The standard InChI is InChI=1S/C19H23NO4S/c21-19(15-8-3-1-4-9-15)20-14-18(17-12-7-13-24-17)25(22,23)16-10-5-2-6-11-16/h2,5-7,10-13,15,18H,1,3-4,8-9,14H2,(H,20,21)/t18-/m1/s1. The predicted molar refractivity (Wildman–Crippen MR) is 94.7 cm³/mol. The predicted octanol–water partition coefficient (Wildman–Crippen LogP) is 3.49. The molecule has 1 atom stereocenters. The SMILES string of the molecule is O=C(NC[C@H](c1ccco1)S(=O)(=O)c1ccccc1)C1CCCCC1. The summed E-state index contributed by atoms with van der Waals surface area (Å²) >= 11 is 0. The van der Waals surface area contributed by atoms with Crippen LogP contribution in [0.1, 0.15) is 43.1 Å². The van der Waals surface area contributed by atoms with Crippen LogP contribution in [0, 0.1) is 5.92 Å². The van der Waals surface area contributed by atoms with Gasteiger partial charge in [-0.1, -0.05) is 37.5 Å². The van der Waals surface area contributed by atoms with Gasteiger partial charge in [-0.2, -0.15) is 0 Å². The summed E-state index contributed by atoms with van der Waals surface area (Å²) in [5.41, 5.74) is 0. The van der Waals surface area contributed by atoms with E-state index in [1.807, 2.05) is 0 Å². The zero-order valence-electron chi connectivity index (χ0n) is 14.1. The van der Waals surface area contributed by atoms with Crippen LogP contribution >= 0.6 is 0 Å². The van der Waals surface area contributed by atoms with Gasteiger partial charge in [0.1, 0.15) is 11.0 Å². The second kappa shape index (κ2) is 7.87. The summed E-state index contributed by atoms with van der Waals surface area (Å²) in [5, 5.41) is 1.91. The van der Waals surface area contributed by atoms with Gasteiger partial charge in [0.15, 0.2) is 9.84 Å². The monoisotopic (exact) mass is 361 g/mol. The maximum atomic E-state index is 13.0. The Bertz CT molecular complexity index is 778. The van der Waals surface area contributed by atoms with E-state index in [9.17, 15) is 13.2 Å². The van der Waals surface area contributed by atoms with Gasteiger partial charge in [-0.05, 0) is 37.1 Å². The number of benzene rings is 1. The second-order valence-corrected chi connectivity index (χ2v) is 8.57. The van der Waals surface area contributed by atoms with Gasteiger partial charge in [0, 0.05) is 12.5 Å². The molecule has 0 saturated heterocycles. The van der Waals surface area contributed by atoms with Crippen LogP contribution in [-0.2, 0) is 14.6 Å². The van der Waals surface area contributed by atoms with Crippen LogP contribution in [0.25, 0.3) is 0 Å². The van der Waals surface area contributed by atoms with Crippen molar-refractivity contribution in [3.8, 4) is 0 Å². The number of amides is 1. The first kappa shape index (κ1) is 17.7. The molecule has 25 heavy (non-hydrogen) atoms. The summed E-state index contributed by atoms with van der Waals surface area (Å²) in [6, 6.07) is 11.6. The summed E-state index contributed by atoms with van der Waals surface area (Å²) in [5.74, 6) is 0.276. The molecule has 0 spiro atoms. The highest BCUT2D eigenvalue weighted by Crippen LogP contribution is 2.29. The fourth-order valence-corrected chi connectivity index (χ4v) is 4.92. The number of hydrogen-bond donors (Lipinski definition) is 1. The molecule has 3 rings (SSSR count). The van der Waals surface area contributed by atoms with E-state index in [-0.39, 0.29) is 23.3 Å². The van der Waals surface area contributed by atoms with E-state index < -0.39 is 15.1 Å². The van der Waals surface area contributed by atoms with E-state index in [0.29, 0.717) is 5.76 Å². The fraction of sp³-hybridized carbons (Fsp3) is 0.421. The number of sulfone groups is 1. The van der Waals surface area contributed by atoms with E-state index in [4.69, 9.17) is 4.42 Å². The second-order valence-electron chi connectivity index (χ2n) is 6.44. The quantitative estimate of drug-likeness (QED) is 0.854. The van der Waals surface area contributed by atoms with E-state index in [2.05, 4.69) is 5.32 Å². The average Bonchev–Trinajstić information content (AvgIpc) is 3.17. The number of hydrogen-bond acceptors (Lipinski definition) is 4. The molecule has 1 fully saturated rings. The van der Waals surface area contributed by atoms with Crippen molar-refractivity contribution in [2.75, 3.05) is 6.54 Å². The molecule has 1 amide bonds. The van der Waals surface area contributed by atoms with Crippen LogP contribution in [0.15, 0.2) is 58.0 Å². The molecule has 1 N–H and O–H groups in total. The Balaban J connectivity index is 1.78. The molecule has 1 aromatic carbocycles. The van der Waals surface area contributed by atoms with Gasteiger partial charge >= 0.3 is 0 Å². The third-order valence-corrected chi connectivity index (χ3v) is 6.82. The zero-order chi connectivity index (χ0) is 17.7. The molecular weight excluding hydrogens is 338 g/mol. The number of rotatable bonds is 6. The maximum absolute atomic E-state index is 13.0. The summed E-state index contributed by atoms with van der Waals surface area (Å²) < 4.78 is 31.4. The molecule has 6 heteroatoms. The fourth-order valence-electron chi connectivity index (χ4n) is 3.31. The Morgan fingerprint density at radius 1 is 1.08 bits per heavy atom. The van der Waals surface area contributed by atoms with Crippen molar-refractivity contribution in [2.45, 2.75) is 42.2 Å². The lowest BCUT2D eigenvalue weighted by Gasteiger charge is -2.22. The molecule has 0 radical (unpaired) electrons. The number of carbonyl (C=O) groups excluding carboxylic acids is 1. The topological polar surface area (TPSA) is 76.4 Å². The molecule has 0 bridgehead atoms. The normalized spacial score (nSPS) is 17.1. The minimum absolute atomic E-state index is 0.00886. The summed E-state index contributed by atoms with van der Waals surface area (Å²) in [4.78, 5) is 12.6. The van der Waals surface area contributed by atoms with E-state index in [1.165, 1.54) is 12.7 Å². The first-order valence-electron chi connectivity index (χ1n) is 8.69. The Morgan fingerprint density at radius 2 is 1.80 bits per heavy atom. The number of furan rings is 1. The highest BCUT2D eigenvalue weighted by atomic mass is 32.2. The van der Waals surface area contributed by atoms with Gasteiger partial charge in [0.2, 0.25) is 5.91 Å². The van der Waals surface area contributed by atoms with E-state index >= 15 is 0 Å². The Hall–Kier alpha value is -2.08. The summed E-state index contributed by atoms with van der Waals surface area (Å²) in [6.45, 7) is 0.0140. The molecule has 0 unspecified atom stereocenters. The maximum Gasteiger partial charge on any atom is 0.223 e. The smallest absolute Gasteiger partial charge is 0.223 e. The van der Waals surface area contributed by atoms with Crippen molar-refractivity contribution in [3.63, 3.8) is 0 Å². The molecule has 5 nitrogen and oxygen atoms in total. The molecule has 1 heterocycles. The molecule has 2 aromatic rings. The highest BCUT2D eigenvalue weighted by Gasteiger charge is 2.32. The zero-order valence-corrected chi connectivity index (χ0v) is 14.9. The van der Waals surface area contributed by atoms with Gasteiger partial charge in [-0.3, -0.25) is 4.79 Å². The molecule has 1 aliphatic carbocycles. The van der Waals surface area contributed by atoms with Gasteiger partial charge in [0.05, 0.1) is 11.2 Å². The van der Waals surface area contributed by atoms with Crippen LogP contribution < -0.4 is 5.32 Å². The third kappa shape index (κ3) is 4.12. The van der Waals surface area contributed by atoms with Crippen molar-refractivity contribution in [1.29, 1.82) is 0 Å². The molecule has 1 aromatic heterocycles. The first-order valence-corrected chi connectivity index (χ1v) is 10.2. The Labute approximate surface area is 148 Å². The van der Waals surface area contributed by atoms with Crippen LogP contribution in [0.4, 0.5) is 0 Å². The average molecular weight is 361 g/mol. The van der Waals surface area contributed by atoms with Crippen molar-refractivity contribution in [1.82, 2.24) is 5.32 Å². The molecule has 134 valence electrons.